The van der Waals surface area contributed by atoms with E-state index < -0.39 is 0 Å². The van der Waals surface area contributed by atoms with Gasteiger partial charge >= 0.3 is 0 Å². The standard InChI is InChI=1S/C82H74N2OS2/c1-79(2,3)53-27-35-57(36-28-53)83(58-37-29-54(30-38-58)80(4,5)6)61-43-45-65(67(49-61)52-25-44-64-62-19-14-17-23-72(62)87-75(64)48-52)76-68(51-26-46-74-69(47-51)63-20-15-18-24-73(63)86-74)50-70(78-77(76)66-21-13-16-22-71(66)85-78)84(59-39-31-55(32-40-59)81(7,8)9)60-41-33-56(34-42-60)82(10,11)12/h13-50H,1-12H3. The van der Waals surface area contributed by atoms with E-state index >= 15 is 0 Å². The summed E-state index contributed by atoms with van der Waals surface area (Å²) in [5.41, 5.74) is 19.9. The van der Waals surface area contributed by atoms with Gasteiger partial charge in [-0.05, 0) is 175 Å². The highest BCUT2D eigenvalue weighted by Gasteiger charge is 2.30. The molecule has 3 aromatic heterocycles. The first-order valence-electron chi connectivity index (χ1n) is 30.6. The Morgan fingerprint density at radius 2 is 0.713 bits per heavy atom. The molecule has 0 atom stereocenters. The fraction of sp³-hybridized carbons (Fsp3) is 0.195. The Morgan fingerprint density at radius 1 is 0.299 bits per heavy atom. The molecule has 11 aromatic carbocycles. The SMILES string of the molecule is CC(C)(C)c1ccc(N(c2ccc(C(C)(C)C)cc2)c2ccc(-c3c(-c4ccc5sc6ccccc6c5c4)cc(N(c4ccc(C(C)(C)C)cc4)c4ccc(C(C)(C)C)cc4)c4oc5ccccc5c34)c(-c3ccc4c(c3)sc3ccccc34)c2)cc1. The number of hydrogen-bond donors (Lipinski definition) is 0. The van der Waals surface area contributed by atoms with Gasteiger partial charge in [0.05, 0.1) is 5.69 Å². The van der Waals surface area contributed by atoms with Crippen LogP contribution in [-0.4, -0.2) is 0 Å². The average Bonchev–Trinajstić information content (AvgIpc) is 2.51. The summed E-state index contributed by atoms with van der Waals surface area (Å²) >= 11 is 3.73. The number of fused-ring (bicyclic) bond motifs is 9. The second kappa shape index (κ2) is 21.0. The van der Waals surface area contributed by atoms with E-state index in [9.17, 15) is 0 Å². The van der Waals surface area contributed by atoms with Gasteiger partial charge in [-0.25, -0.2) is 0 Å². The first-order chi connectivity index (χ1) is 41.6. The lowest BCUT2D eigenvalue weighted by Gasteiger charge is -2.30. The third kappa shape index (κ3) is 10.2. The highest BCUT2D eigenvalue weighted by molar-refractivity contribution is 7.26. The smallest absolute Gasteiger partial charge is 0.160 e. The van der Waals surface area contributed by atoms with Crippen LogP contribution in [0.25, 0.3) is 95.7 Å². The number of benzene rings is 11. The van der Waals surface area contributed by atoms with Crippen molar-refractivity contribution >= 4 is 119 Å². The lowest BCUT2D eigenvalue weighted by atomic mass is 9.84. The summed E-state index contributed by atoms with van der Waals surface area (Å²) in [5.74, 6) is 0. The Balaban J connectivity index is 1.10. The Bertz CT molecular complexity index is 4820. The molecule has 14 aromatic rings. The Morgan fingerprint density at radius 3 is 1.24 bits per heavy atom. The molecular weight excluding hydrogens is 1090 g/mol. The molecule has 430 valence electrons. The number of nitrogens with zero attached hydrogens (tertiary/aromatic N) is 2. The largest absolute Gasteiger partial charge is 0.454 e. The van der Waals surface area contributed by atoms with Crippen molar-refractivity contribution in [3.8, 4) is 33.4 Å². The molecule has 0 spiro atoms. The number of thiophene rings is 2. The lowest BCUT2D eigenvalue weighted by Crippen LogP contribution is -2.15. The van der Waals surface area contributed by atoms with Crippen LogP contribution < -0.4 is 9.80 Å². The number of furan rings is 1. The maximum absolute atomic E-state index is 7.47. The minimum absolute atomic E-state index is 0.000521. The predicted molar refractivity (Wildman–Crippen MR) is 380 cm³/mol. The predicted octanol–water partition coefficient (Wildman–Crippen LogP) is 25.5. The van der Waals surface area contributed by atoms with Crippen molar-refractivity contribution < 1.29 is 4.42 Å². The van der Waals surface area contributed by atoms with Crippen LogP contribution in [0, 0.1) is 0 Å². The molecule has 0 aliphatic carbocycles. The van der Waals surface area contributed by atoms with Crippen LogP contribution in [0.15, 0.2) is 235 Å². The molecule has 0 saturated heterocycles. The molecule has 0 saturated carbocycles. The molecule has 14 rings (SSSR count). The van der Waals surface area contributed by atoms with E-state index in [2.05, 4.69) is 323 Å². The van der Waals surface area contributed by atoms with Crippen LogP contribution in [0.1, 0.15) is 105 Å². The van der Waals surface area contributed by atoms with Crippen molar-refractivity contribution in [1.29, 1.82) is 0 Å². The maximum atomic E-state index is 7.47. The molecular formula is C82H74N2OS2. The highest BCUT2D eigenvalue weighted by atomic mass is 32.1. The van der Waals surface area contributed by atoms with Gasteiger partial charge in [0.2, 0.25) is 0 Å². The second-order valence-corrected chi connectivity index (χ2v) is 30.0. The van der Waals surface area contributed by atoms with E-state index in [1.807, 2.05) is 22.7 Å². The Labute approximate surface area is 520 Å². The van der Waals surface area contributed by atoms with Gasteiger partial charge in [-0.2, -0.15) is 0 Å². The minimum atomic E-state index is -0.0252. The maximum Gasteiger partial charge on any atom is 0.160 e. The summed E-state index contributed by atoms with van der Waals surface area (Å²) in [7, 11) is 0. The zero-order valence-electron chi connectivity index (χ0n) is 52.1. The molecule has 0 fully saturated rings. The summed E-state index contributed by atoms with van der Waals surface area (Å²) in [4.78, 5) is 4.88. The molecule has 5 heteroatoms. The topological polar surface area (TPSA) is 19.6 Å². The van der Waals surface area contributed by atoms with E-state index in [1.54, 1.807) is 0 Å². The van der Waals surface area contributed by atoms with Gasteiger partial charge in [-0.15, -0.1) is 22.7 Å². The van der Waals surface area contributed by atoms with Gasteiger partial charge in [0.1, 0.15) is 5.58 Å². The van der Waals surface area contributed by atoms with Crippen molar-refractivity contribution in [3.63, 3.8) is 0 Å². The van der Waals surface area contributed by atoms with Crippen LogP contribution in [0.5, 0.6) is 0 Å². The third-order valence-electron chi connectivity index (χ3n) is 17.7. The monoisotopic (exact) mass is 1170 g/mol. The van der Waals surface area contributed by atoms with Gasteiger partial charge in [0.15, 0.2) is 5.58 Å². The molecule has 0 aliphatic rings. The van der Waals surface area contributed by atoms with Gasteiger partial charge < -0.3 is 14.2 Å². The molecule has 0 radical (unpaired) electrons. The fourth-order valence-electron chi connectivity index (χ4n) is 12.8. The lowest BCUT2D eigenvalue weighted by molar-refractivity contribution is 0.590. The summed E-state index contributed by atoms with van der Waals surface area (Å²) in [5, 5.41) is 7.21. The first kappa shape index (κ1) is 56.1. The van der Waals surface area contributed by atoms with E-state index in [-0.39, 0.29) is 21.7 Å². The van der Waals surface area contributed by atoms with E-state index in [1.165, 1.54) is 62.6 Å². The van der Waals surface area contributed by atoms with Crippen LogP contribution in [0.3, 0.4) is 0 Å². The summed E-state index contributed by atoms with van der Waals surface area (Å²) < 4.78 is 12.6. The summed E-state index contributed by atoms with van der Waals surface area (Å²) in [6.45, 7) is 27.5. The minimum Gasteiger partial charge on any atom is -0.454 e. The van der Waals surface area contributed by atoms with Gasteiger partial charge in [0.25, 0.3) is 0 Å². The quantitative estimate of drug-likeness (QED) is 0.144. The van der Waals surface area contributed by atoms with E-state index in [0.717, 1.165) is 89.4 Å². The Hall–Kier alpha value is -8.74. The number of hydrogen-bond acceptors (Lipinski definition) is 5. The van der Waals surface area contributed by atoms with E-state index in [4.69, 9.17) is 4.42 Å². The molecule has 0 unspecified atom stereocenters. The number of rotatable bonds is 9. The van der Waals surface area contributed by atoms with Gasteiger partial charge in [0, 0.05) is 85.1 Å². The number of anilines is 6. The second-order valence-electron chi connectivity index (χ2n) is 27.8. The summed E-state index contributed by atoms with van der Waals surface area (Å²) in [6.07, 6.45) is 0. The van der Waals surface area contributed by atoms with Crippen LogP contribution in [0.4, 0.5) is 34.1 Å². The van der Waals surface area contributed by atoms with Crippen LogP contribution in [-0.2, 0) is 21.7 Å². The number of para-hydroxylation sites is 1. The van der Waals surface area contributed by atoms with Crippen molar-refractivity contribution in [2.45, 2.75) is 105 Å². The van der Waals surface area contributed by atoms with Crippen LogP contribution in [0.2, 0.25) is 0 Å². The van der Waals surface area contributed by atoms with Crippen molar-refractivity contribution in [2.24, 2.45) is 0 Å². The highest BCUT2D eigenvalue weighted by Crippen LogP contribution is 2.54. The van der Waals surface area contributed by atoms with Gasteiger partial charge in [-0.3, -0.25) is 0 Å². The molecule has 0 amide bonds. The van der Waals surface area contributed by atoms with Crippen LogP contribution >= 0.6 is 22.7 Å². The third-order valence-corrected chi connectivity index (χ3v) is 20.0. The molecule has 87 heavy (non-hydrogen) atoms. The molecule has 0 N–H and O–H groups in total. The Kier molecular flexibility index (Phi) is 13.5. The van der Waals surface area contributed by atoms with E-state index in [0.29, 0.717) is 0 Å². The van der Waals surface area contributed by atoms with Crippen molar-refractivity contribution in [2.75, 3.05) is 9.80 Å². The molecule has 3 heterocycles. The zero-order chi connectivity index (χ0) is 60.3. The first-order valence-corrected chi connectivity index (χ1v) is 32.3. The average molecular weight is 1170 g/mol. The van der Waals surface area contributed by atoms with Crippen molar-refractivity contribution in [3.05, 3.63) is 253 Å². The molecule has 0 aliphatic heterocycles. The van der Waals surface area contributed by atoms with Crippen molar-refractivity contribution in [1.82, 2.24) is 0 Å². The fourth-order valence-corrected chi connectivity index (χ4v) is 15.0. The normalized spacial score (nSPS) is 12.6. The molecule has 3 nitrogen and oxygen atoms in total. The summed E-state index contributed by atoms with van der Waals surface area (Å²) in [6, 6.07) is 87.1. The zero-order valence-corrected chi connectivity index (χ0v) is 53.7. The van der Waals surface area contributed by atoms with Gasteiger partial charge in [-0.1, -0.05) is 210 Å². The molecule has 0 bridgehead atoms.